The number of aromatic nitrogens is 1. The molecule has 1 amide bonds. The van der Waals surface area contributed by atoms with Crippen molar-refractivity contribution in [1.29, 1.82) is 0 Å². The van der Waals surface area contributed by atoms with Crippen molar-refractivity contribution in [3.63, 3.8) is 0 Å². The van der Waals surface area contributed by atoms with Crippen LogP contribution >= 0.6 is 23.1 Å². The SMILES string of the molecule is CSCC[C@@H](N)C(=O)Nc1ncc(C)s1. The minimum atomic E-state index is -0.443. The first kappa shape index (κ1) is 12.5. The van der Waals surface area contributed by atoms with Gasteiger partial charge < -0.3 is 11.1 Å². The number of anilines is 1. The van der Waals surface area contributed by atoms with Crippen LogP contribution in [0, 0.1) is 6.92 Å². The van der Waals surface area contributed by atoms with Gasteiger partial charge in [0.2, 0.25) is 5.91 Å². The molecule has 1 heterocycles. The number of thiazole rings is 1. The second kappa shape index (κ2) is 6.09. The highest BCUT2D eigenvalue weighted by atomic mass is 32.2. The molecule has 0 aliphatic heterocycles. The number of nitrogens with zero attached hydrogens (tertiary/aromatic N) is 1. The van der Waals surface area contributed by atoms with E-state index < -0.39 is 6.04 Å². The molecule has 3 N–H and O–H groups in total. The molecule has 0 saturated heterocycles. The Labute approximate surface area is 97.7 Å². The molecule has 0 aromatic carbocycles. The number of nitrogens with two attached hydrogens (primary N) is 1. The summed E-state index contributed by atoms with van der Waals surface area (Å²) < 4.78 is 0. The van der Waals surface area contributed by atoms with Crippen molar-refractivity contribution >= 4 is 34.1 Å². The van der Waals surface area contributed by atoms with Crippen molar-refractivity contribution in [3.05, 3.63) is 11.1 Å². The second-order valence-electron chi connectivity index (χ2n) is 3.15. The average Bonchev–Trinajstić information content (AvgIpc) is 2.60. The van der Waals surface area contributed by atoms with Crippen LogP contribution in [0.4, 0.5) is 5.13 Å². The van der Waals surface area contributed by atoms with Crippen molar-refractivity contribution in [3.8, 4) is 0 Å². The molecule has 0 spiro atoms. The third-order valence-corrected chi connectivity index (χ3v) is 3.29. The number of aryl methyl sites for hydroxylation is 1. The third kappa shape index (κ3) is 4.19. The molecular formula is C9H15N3OS2. The van der Waals surface area contributed by atoms with Crippen LogP contribution in [0.1, 0.15) is 11.3 Å². The highest BCUT2D eigenvalue weighted by molar-refractivity contribution is 7.98. The van der Waals surface area contributed by atoms with Gasteiger partial charge in [0.05, 0.1) is 6.04 Å². The Hall–Kier alpha value is -0.590. The minimum absolute atomic E-state index is 0.154. The van der Waals surface area contributed by atoms with Gasteiger partial charge in [0.15, 0.2) is 5.13 Å². The number of hydrogen-bond acceptors (Lipinski definition) is 5. The molecule has 6 heteroatoms. The van der Waals surface area contributed by atoms with Crippen molar-refractivity contribution in [1.82, 2.24) is 4.98 Å². The maximum Gasteiger partial charge on any atom is 0.243 e. The quantitative estimate of drug-likeness (QED) is 0.824. The van der Waals surface area contributed by atoms with Crippen LogP contribution < -0.4 is 11.1 Å². The molecule has 0 radical (unpaired) electrons. The zero-order chi connectivity index (χ0) is 11.3. The maximum absolute atomic E-state index is 11.5. The smallest absolute Gasteiger partial charge is 0.243 e. The standard InChI is InChI=1S/C9H15N3OS2/c1-6-5-11-9(15-6)12-8(13)7(10)3-4-14-2/h5,7H,3-4,10H2,1-2H3,(H,11,12,13)/t7-/m1/s1. The van der Waals surface area contributed by atoms with E-state index in [0.29, 0.717) is 11.6 Å². The fourth-order valence-corrected chi connectivity index (χ4v) is 2.14. The average molecular weight is 245 g/mol. The number of nitrogens with one attached hydrogen (secondary N) is 1. The number of rotatable bonds is 5. The third-order valence-electron chi connectivity index (χ3n) is 1.82. The summed E-state index contributed by atoms with van der Waals surface area (Å²) in [6.45, 7) is 1.95. The monoisotopic (exact) mass is 245 g/mol. The second-order valence-corrected chi connectivity index (χ2v) is 5.37. The molecule has 0 saturated carbocycles. The minimum Gasteiger partial charge on any atom is -0.320 e. The molecule has 15 heavy (non-hydrogen) atoms. The van der Waals surface area contributed by atoms with Gasteiger partial charge in [-0.2, -0.15) is 11.8 Å². The van der Waals surface area contributed by atoms with E-state index in [4.69, 9.17) is 5.73 Å². The van der Waals surface area contributed by atoms with Gasteiger partial charge in [-0.25, -0.2) is 4.98 Å². The molecule has 4 nitrogen and oxygen atoms in total. The van der Waals surface area contributed by atoms with Crippen LogP contribution in [-0.4, -0.2) is 28.9 Å². The summed E-state index contributed by atoms with van der Waals surface area (Å²) in [6.07, 6.45) is 4.42. The van der Waals surface area contributed by atoms with E-state index in [1.54, 1.807) is 18.0 Å². The summed E-state index contributed by atoms with van der Waals surface area (Å²) in [7, 11) is 0. The Morgan fingerprint density at radius 1 is 1.80 bits per heavy atom. The summed E-state index contributed by atoms with van der Waals surface area (Å²) >= 11 is 3.14. The Morgan fingerprint density at radius 2 is 2.53 bits per heavy atom. The predicted molar refractivity (Wildman–Crippen MR) is 66.5 cm³/mol. The molecule has 0 bridgehead atoms. The molecule has 1 rings (SSSR count). The van der Waals surface area contributed by atoms with Gasteiger partial charge in [-0.1, -0.05) is 0 Å². The molecule has 0 aliphatic rings. The van der Waals surface area contributed by atoms with Crippen LogP contribution in [0.3, 0.4) is 0 Å². The first-order valence-electron chi connectivity index (χ1n) is 4.61. The number of thioether (sulfide) groups is 1. The van der Waals surface area contributed by atoms with E-state index in [0.717, 1.165) is 10.6 Å². The van der Waals surface area contributed by atoms with Crippen molar-refractivity contribution < 1.29 is 4.79 Å². The first-order valence-corrected chi connectivity index (χ1v) is 6.82. The van der Waals surface area contributed by atoms with Gasteiger partial charge in [-0.05, 0) is 25.4 Å². The van der Waals surface area contributed by atoms with Gasteiger partial charge in [0.25, 0.3) is 0 Å². The van der Waals surface area contributed by atoms with Crippen LogP contribution in [0.25, 0.3) is 0 Å². The topological polar surface area (TPSA) is 68.0 Å². The summed E-state index contributed by atoms with van der Waals surface area (Å²) in [4.78, 5) is 16.7. The van der Waals surface area contributed by atoms with Crippen molar-refractivity contribution in [2.75, 3.05) is 17.3 Å². The van der Waals surface area contributed by atoms with Crippen molar-refractivity contribution in [2.24, 2.45) is 5.73 Å². The number of carbonyl (C=O) groups excluding carboxylic acids is 1. The molecule has 1 atom stereocenters. The zero-order valence-corrected chi connectivity index (χ0v) is 10.5. The number of amides is 1. The summed E-state index contributed by atoms with van der Waals surface area (Å²) in [5.74, 6) is 0.740. The lowest BCUT2D eigenvalue weighted by Crippen LogP contribution is -2.36. The van der Waals surface area contributed by atoms with E-state index in [9.17, 15) is 4.79 Å². The fraction of sp³-hybridized carbons (Fsp3) is 0.556. The van der Waals surface area contributed by atoms with Crippen molar-refractivity contribution in [2.45, 2.75) is 19.4 Å². The normalized spacial score (nSPS) is 12.5. The van der Waals surface area contributed by atoms with Gasteiger partial charge in [-0.3, -0.25) is 4.79 Å². The highest BCUT2D eigenvalue weighted by Crippen LogP contribution is 2.16. The van der Waals surface area contributed by atoms with E-state index in [2.05, 4.69) is 10.3 Å². The first-order chi connectivity index (χ1) is 7.13. The predicted octanol–water partition coefficient (Wildman–Crippen LogP) is 1.47. The fourth-order valence-electron chi connectivity index (χ4n) is 0.987. The van der Waals surface area contributed by atoms with E-state index >= 15 is 0 Å². The molecule has 84 valence electrons. The van der Waals surface area contributed by atoms with Gasteiger partial charge in [0, 0.05) is 11.1 Å². The lowest BCUT2D eigenvalue weighted by Gasteiger charge is -2.09. The van der Waals surface area contributed by atoms with Crippen LogP contribution in [0.5, 0.6) is 0 Å². The lowest BCUT2D eigenvalue weighted by molar-refractivity contribution is -0.117. The van der Waals surface area contributed by atoms with E-state index in [1.807, 2.05) is 13.2 Å². The summed E-state index contributed by atoms with van der Waals surface area (Å²) in [5, 5.41) is 3.33. The molecule has 0 unspecified atom stereocenters. The summed E-state index contributed by atoms with van der Waals surface area (Å²) in [5.41, 5.74) is 5.71. The Kier molecular flexibility index (Phi) is 5.07. The van der Waals surface area contributed by atoms with Crippen LogP contribution in [0.2, 0.25) is 0 Å². The Morgan fingerprint density at radius 3 is 3.07 bits per heavy atom. The Balaban J connectivity index is 2.41. The van der Waals surface area contributed by atoms with Gasteiger partial charge >= 0.3 is 0 Å². The van der Waals surface area contributed by atoms with E-state index in [-0.39, 0.29) is 5.91 Å². The molecule has 0 fully saturated rings. The molecule has 1 aromatic heterocycles. The van der Waals surface area contributed by atoms with Crippen LogP contribution in [-0.2, 0) is 4.79 Å². The van der Waals surface area contributed by atoms with Crippen LogP contribution in [0.15, 0.2) is 6.20 Å². The molecular weight excluding hydrogens is 230 g/mol. The maximum atomic E-state index is 11.5. The molecule has 1 aromatic rings. The number of hydrogen-bond donors (Lipinski definition) is 2. The van der Waals surface area contributed by atoms with Gasteiger partial charge in [-0.15, -0.1) is 11.3 Å². The van der Waals surface area contributed by atoms with E-state index in [1.165, 1.54) is 11.3 Å². The van der Waals surface area contributed by atoms with Gasteiger partial charge in [0.1, 0.15) is 0 Å². The lowest BCUT2D eigenvalue weighted by atomic mass is 10.2. The molecule has 0 aliphatic carbocycles. The zero-order valence-electron chi connectivity index (χ0n) is 8.82. The number of carbonyl (C=O) groups is 1. The largest absolute Gasteiger partial charge is 0.320 e. The highest BCUT2D eigenvalue weighted by Gasteiger charge is 2.14. The summed E-state index contributed by atoms with van der Waals surface area (Å²) in [6, 6.07) is -0.443. The Bertz CT molecular complexity index is 327.